The van der Waals surface area contributed by atoms with Crippen molar-refractivity contribution in [3.63, 3.8) is 0 Å². The molecule has 0 amide bonds. The first kappa shape index (κ1) is 20.0. The fourth-order valence-corrected chi connectivity index (χ4v) is 2.61. The Bertz CT molecular complexity index is 964. The van der Waals surface area contributed by atoms with Crippen LogP contribution in [0.3, 0.4) is 0 Å². The molecule has 0 N–H and O–H groups in total. The minimum Gasteiger partial charge on any atom is -0.355 e. The molecular formula is C15H11F6NO3S. The van der Waals surface area contributed by atoms with Crippen molar-refractivity contribution >= 4 is 21.0 Å². The highest BCUT2D eigenvalue weighted by atomic mass is 32.2. The molecule has 0 radical (unpaired) electrons. The van der Waals surface area contributed by atoms with E-state index >= 15 is 0 Å². The molecule has 0 bridgehead atoms. The first-order valence-corrected chi connectivity index (χ1v) is 8.30. The number of halogens is 6. The van der Waals surface area contributed by atoms with Crippen molar-refractivity contribution in [3.05, 3.63) is 47.5 Å². The third-order valence-corrected chi connectivity index (χ3v) is 4.30. The molecule has 2 rings (SSSR count). The highest BCUT2D eigenvalue weighted by molar-refractivity contribution is 7.87. The van der Waals surface area contributed by atoms with Crippen LogP contribution in [0, 0.1) is 6.92 Å². The van der Waals surface area contributed by atoms with Crippen LogP contribution in [0.25, 0.3) is 10.9 Å². The van der Waals surface area contributed by atoms with Gasteiger partial charge in [0, 0.05) is 11.5 Å². The summed E-state index contributed by atoms with van der Waals surface area (Å²) < 4.78 is 103. The highest BCUT2D eigenvalue weighted by Crippen LogP contribution is 2.35. The molecule has 1 heterocycles. The van der Waals surface area contributed by atoms with E-state index in [1.54, 1.807) is 0 Å². The molecule has 1 aromatic heterocycles. The largest absolute Gasteiger partial charge is 0.534 e. The lowest BCUT2D eigenvalue weighted by atomic mass is 9.99. The first-order chi connectivity index (χ1) is 11.8. The van der Waals surface area contributed by atoms with Crippen molar-refractivity contribution in [2.75, 3.05) is 0 Å². The van der Waals surface area contributed by atoms with Crippen LogP contribution < -0.4 is 4.18 Å². The lowest BCUT2D eigenvalue weighted by Crippen LogP contribution is -2.28. The number of aryl methyl sites for hydroxylation is 1. The summed E-state index contributed by atoms with van der Waals surface area (Å²) in [7, 11) is -5.96. The van der Waals surface area contributed by atoms with E-state index in [-0.39, 0.29) is 28.5 Å². The number of aromatic nitrogens is 1. The van der Waals surface area contributed by atoms with E-state index in [9.17, 15) is 34.8 Å². The Kier molecular flexibility index (Phi) is 4.97. The zero-order chi connectivity index (χ0) is 19.9. The van der Waals surface area contributed by atoms with Crippen molar-refractivity contribution in [1.82, 2.24) is 4.98 Å². The van der Waals surface area contributed by atoms with Crippen LogP contribution in [-0.2, 0) is 22.7 Å². The topological polar surface area (TPSA) is 56.3 Å². The fourth-order valence-electron chi connectivity index (χ4n) is 2.21. The summed E-state index contributed by atoms with van der Waals surface area (Å²) in [6.07, 6.45) is -3.43. The quantitative estimate of drug-likeness (QED) is 0.328. The Morgan fingerprint density at radius 1 is 1.15 bits per heavy atom. The Hall–Kier alpha value is -2.30. The summed E-state index contributed by atoms with van der Waals surface area (Å²) in [4.78, 5) is 3.66. The SMILES string of the molecule is C=CCc1cc(C(F)(F)F)cc2c(C)cc(OS(=O)(=O)C(F)(F)F)nc12. The average molecular weight is 399 g/mol. The molecule has 0 fully saturated rings. The van der Waals surface area contributed by atoms with Crippen LogP contribution >= 0.6 is 0 Å². The number of nitrogens with zero attached hydrogens (tertiary/aromatic N) is 1. The van der Waals surface area contributed by atoms with Crippen LogP contribution in [0.15, 0.2) is 30.9 Å². The maximum Gasteiger partial charge on any atom is 0.534 e. The lowest BCUT2D eigenvalue weighted by molar-refractivity contribution is -0.137. The third kappa shape index (κ3) is 3.92. The molecule has 0 unspecified atom stereocenters. The van der Waals surface area contributed by atoms with Gasteiger partial charge >= 0.3 is 21.8 Å². The average Bonchev–Trinajstić information content (AvgIpc) is 2.45. The summed E-state index contributed by atoms with van der Waals surface area (Å²) in [5.74, 6) is -0.891. The summed E-state index contributed by atoms with van der Waals surface area (Å²) in [5, 5.41) is 0.00781. The van der Waals surface area contributed by atoms with Crippen LogP contribution in [0.1, 0.15) is 16.7 Å². The zero-order valence-electron chi connectivity index (χ0n) is 13.1. The number of allylic oxidation sites excluding steroid dienone is 1. The van der Waals surface area contributed by atoms with Gasteiger partial charge in [-0.1, -0.05) is 6.08 Å². The van der Waals surface area contributed by atoms with Gasteiger partial charge in [-0.15, -0.1) is 6.58 Å². The van der Waals surface area contributed by atoms with Gasteiger partial charge in [-0.25, -0.2) is 4.98 Å². The standard InChI is InChI=1S/C15H11F6NO3S/c1-3-4-9-6-10(14(16,17)18)7-11-8(2)5-12(22-13(9)11)25-26(23,24)15(19,20)21/h3,5-7H,1,4H2,2H3. The summed E-state index contributed by atoms with van der Waals surface area (Å²) in [6, 6.07) is 2.38. The molecule has 4 nitrogen and oxygen atoms in total. The molecule has 0 atom stereocenters. The van der Waals surface area contributed by atoms with E-state index in [2.05, 4.69) is 15.7 Å². The van der Waals surface area contributed by atoms with Gasteiger partial charge in [0.1, 0.15) is 0 Å². The molecule has 0 aliphatic heterocycles. The van der Waals surface area contributed by atoms with Crippen LogP contribution in [-0.4, -0.2) is 18.9 Å². The van der Waals surface area contributed by atoms with Crippen molar-refractivity contribution < 1.29 is 38.9 Å². The van der Waals surface area contributed by atoms with Crippen LogP contribution in [0.2, 0.25) is 0 Å². The van der Waals surface area contributed by atoms with Gasteiger partial charge in [0.15, 0.2) is 0 Å². The van der Waals surface area contributed by atoms with Gasteiger partial charge < -0.3 is 4.18 Å². The van der Waals surface area contributed by atoms with Gasteiger partial charge in [-0.3, -0.25) is 0 Å². The van der Waals surface area contributed by atoms with Gasteiger partial charge in [-0.05, 0) is 36.6 Å². The monoisotopic (exact) mass is 399 g/mol. The Morgan fingerprint density at radius 2 is 1.77 bits per heavy atom. The molecule has 0 saturated carbocycles. The second-order valence-corrected chi connectivity index (χ2v) is 6.82. The van der Waals surface area contributed by atoms with Crippen molar-refractivity contribution in [3.8, 4) is 5.88 Å². The highest BCUT2D eigenvalue weighted by Gasteiger charge is 2.49. The number of hydrogen-bond donors (Lipinski definition) is 0. The molecule has 11 heteroatoms. The fraction of sp³-hybridized carbons (Fsp3) is 0.267. The number of hydrogen-bond acceptors (Lipinski definition) is 4. The Morgan fingerprint density at radius 3 is 2.27 bits per heavy atom. The predicted octanol–water partition coefficient (Wildman–Crippen LogP) is 4.52. The number of fused-ring (bicyclic) bond motifs is 1. The lowest BCUT2D eigenvalue weighted by Gasteiger charge is -2.14. The van der Waals surface area contributed by atoms with E-state index in [1.807, 2.05) is 0 Å². The minimum atomic E-state index is -5.96. The molecule has 1 aromatic carbocycles. The number of benzene rings is 1. The molecule has 2 aromatic rings. The maximum atomic E-state index is 13.0. The molecule has 0 aliphatic rings. The van der Waals surface area contributed by atoms with Gasteiger partial charge in [0.2, 0.25) is 5.88 Å². The van der Waals surface area contributed by atoms with Gasteiger partial charge in [0.05, 0.1) is 11.1 Å². The number of rotatable bonds is 4. The minimum absolute atomic E-state index is 0.00781. The molecule has 0 spiro atoms. The van der Waals surface area contributed by atoms with E-state index in [1.165, 1.54) is 13.0 Å². The summed E-state index contributed by atoms with van der Waals surface area (Å²) >= 11 is 0. The van der Waals surface area contributed by atoms with E-state index in [0.717, 1.165) is 18.2 Å². The second-order valence-electron chi connectivity index (χ2n) is 5.28. The van der Waals surface area contributed by atoms with E-state index < -0.39 is 33.2 Å². The van der Waals surface area contributed by atoms with Crippen LogP contribution in [0.5, 0.6) is 5.88 Å². The molecule has 0 saturated heterocycles. The molecule has 26 heavy (non-hydrogen) atoms. The second kappa shape index (κ2) is 6.45. The normalized spacial score (nSPS) is 13.0. The third-order valence-electron chi connectivity index (χ3n) is 3.35. The van der Waals surface area contributed by atoms with Crippen molar-refractivity contribution in [2.24, 2.45) is 0 Å². The van der Waals surface area contributed by atoms with E-state index in [4.69, 9.17) is 0 Å². The first-order valence-electron chi connectivity index (χ1n) is 6.89. The Balaban J connectivity index is 2.70. The molecule has 142 valence electrons. The van der Waals surface area contributed by atoms with Gasteiger partial charge in [-0.2, -0.15) is 34.8 Å². The van der Waals surface area contributed by atoms with Crippen LogP contribution in [0.4, 0.5) is 26.3 Å². The van der Waals surface area contributed by atoms with Crippen molar-refractivity contribution in [1.29, 1.82) is 0 Å². The Labute approximate surface area is 144 Å². The smallest absolute Gasteiger partial charge is 0.355 e. The maximum absolute atomic E-state index is 13.0. The zero-order valence-corrected chi connectivity index (χ0v) is 13.9. The molecular weight excluding hydrogens is 388 g/mol. The van der Waals surface area contributed by atoms with Gasteiger partial charge in [0.25, 0.3) is 0 Å². The van der Waals surface area contributed by atoms with Crippen molar-refractivity contribution in [2.45, 2.75) is 25.0 Å². The molecule has 0 aliphatic carbocycles. The van der Waals surface area contributed by atoms with E-state index in [0.29, 0.717) is 0 Å². The number of pyridine rings is 1. The summed E-state index contributed by atoms with van der Waals surface area (Å²) in [5.41, 5.74) is -6.66. The number of alkyl halides is 6. The predicted molar refractivity (Wildman–Crippen MR) is 81.0 cm³/mol. The summed E-state index contributed by atoms with van der Waals surface area (Å²) in [6.45, 7) is 4.71.